The first-order valence-electron chi connectivity index (χ1n) is 5.96. The lowest BCUT2D eigenvalue weighted by Gasteiger charge is -2.12. The molecule has 0 saturated heterocycles. The molecule has 0 heterocycles. The second-order valence-electron chi connectivity index (χ2n) is 3.81. The predicted molar refractivity (Wildman–Crippen MR) is 73.6 cm³/mol. The lowest BCUT2D eigenvalue weighted by atomic mass is 10.3. The number of hydrogen-bond donors (Lipinski definition) is 2. The highest BCUT2D eigenvalue weighted by Crippen LogP contribution is 2.24. The van der Waals surface area contributed by atoms with Crippen LogP contribution < -0.4 is 14.8 Å². The summed E-state index contributed by atoms with van der Waals surface area (Å²) in [6.07, 6.45) is 0.572. The molecule has 102 valence electrons. The van der Waals surface area contributed by atoms with Crippen LogP contribution in [0.15, 0.2) is 24.3 Å². The highest BCUT2D eigenvalue weighted by atomic mass is 32.2. The third-order valence-corrected chi connectivity index (χ3v) is 3.65. The van der Waals surface area contributed by atoms with Gasteiger partial charge in [-0.1, -0.05) is 12.1 Å². The topological polar surface area (TPSA) is 67.4 Å². The van der Waals surface area contributed by atoms with Crippen LogP contribution in [0, 0.1) is 0 Å². The average molecular weight is 272 g/mol. The van der Waals surface area contributed by atoms with E-state index in [2.05, 4.69) is 10.0 Å². The van der Waals surface area contributed by atoms with E-state index >= 15 is 0 Å². The maximum absolute atomic E-state index is 11.8. The van der Waals surface area contributed by atoms with Crippen LogP contribution in [0.4, 0.5) is 5.69 Å². The highest BCUT2D eigenvalue weighted by molar-refractivity contribution is 7.92. The predicted octanol–water partition coefficient (Wildman–Crippen LogP) is 1.44. The molecule has 0 fully saturated rings. The van der Waals surface area contributed by atoms with E-state index in [1.165, 1.54) is 0 Å². The molecular formula is C12H20N2O3S. The van der Waals surface area contributed by atoms with Crippen LogP contribution >= 0.6 is 0 Å². The zero-order valence-electron chi connectivity index (χ0n) is 10.8. The van der Waals surface area contributed by atoms with Crippen molar-refractivity contribution in [1.29, 1.82) is 0 Å². The normalized spacial score (nSPS) is 11.2. The van der Waals surface area contributed by atoms with E-state index in [1.54, 1.807) is 25.2 Å². The molecule has 0 aromatic heterocycles. The SMILES string of the molecule is CCOc1ccccc1NS(=O)(=O)CCCNC. The molecule has 0 spiro atoms. The van der Waals surface area contributed by atoms with Crippen molar-refractivity contribution in [2.45, 2.75) is 13.3 Å². The van der Waals surface area contributed by atoms with Gasteiger partial charge in [0.2, 0.25) is 10.0 Å². The second-order valence-corrected chi connectivity index (χ2v) is 5.65. The van der Waals surface area contributed by atoms with Crippen molar-refractivity contribution in [2.75, 3.05) is 30.7 Å². The third kappa shape index (κ3) is 4.93. The van der Waals surface area contributed by atoms with Gasteiger partial charge >= 0.3 is 0 Å². The van der Waals surface area contributed by atoms with Crippen molar-refractivity contribution in [1.82, 2.24) is 5.32 Å². The van der Waals surface area contributed by atoms with Crippen molar-refractivity contribution < 1.29 is 13.2 Å². The zero-order valence-corrected chi connectivity index (χ0v) is 11.6. The maximum Gasteiger partial charge on any atom is 0.232 e. The molecule has 0 radical (unpaired) electrons. The summed E-state index contributed by atoms with van der Waals surface area (Å²) in [5.74, 6) is 0.645. The molecule has 0 aliphatic rings. The summed E-state index contributed by atoms with van der Waals surface area (Å²) < 4.78 is 31.6. The van der Waals surface area contributed by atoms with Crippen LogP contribution in [0.1, 0.15) is 13.3 Å². The van der Waals surface area contributed by atoms with Crippen LogP contribution in [-0.2, 0) is 10.0 Å². The summed E-state index contributed by atoms with van der Waals surface area (Å²) >= 11 is 0. The zero-order chi connectivity index (χ0) is 13.4. The monoisotopic (exact) mass is 272 g/mol. The number of benzene rings is 1. The van der Waals surface area contributed by atoms with Gasteiger partial charge in [0.25, 0.3) is 0 Å². The number of anilines is 1. The van der Waals surface area contributed by atoms with E-state index in [4.69, 9.17) is 4.74 Å². The Morgan fingerprint density at radius 3 is 2.67 bits per heavy atom. The largest absolute Gasteiger partial charge is 0.492 e. The summed E-state index contributed by atoms with van der Waals surface area (Å²) in [6.45, 7) is 3.03. The lowest BCUT2D eigenvalue weighted by Crippen LogP contribution is -2.20. The van der Waals surface area contributed by atoms with Crippen LogP contribution in [0.2, 0.25) is 0 Å². The number of hydrogen-bond acceptors (Lipinski definition) is 4. The summed E-state index contributed by atoms with van der Waals surface area (Å²) in [5, 5.41) is 2.92. The van der Waals surface area contributed by atoms with Gasteiger partial charge in [-0.25, -0.2) is 8.42 Å². The Hall–Kier alpha value is -1.27. The quantitative estimate of drug-likeness (QED) is 0.703. The summed E-state index contributed by atoms with van der Waals surface area (Å²) in [6, 6.07) is 7.02. The van der Waals surface area contributed by atoms with Gasteiger partial charge < -0.3 is 10.1 Å². The van der Waals surface area contributed by atoms with Crippen LogP contribution in [0.3, 0.4) is 0 Å². The van der Waals surface area contributed by atoms with Gasteiger partial charge in [0, 0.05) is 0 Å². The van der Waals surface area contributed by atoms with Gasteiger partial charge in [0.05, 0.1) is 18.0 Å². The molecule has 5 nitrogen and oxygen atoms in total. The van der Waals surface area contributed by atoms with E-state index in [0.717, 1.165) is 0 Å². The van der Waals surface area contributed by atoms with Gasteiger partial charge in [-0.15, -0.1) is 0 Å². The molecule has 0 aliphatic carbocycles. The number of rotatable bonds is 8. The Morgan fingerprint density at radius 1 is 1.28 bits per heavy atom. The smallest absolute Gasteiger partial charge is 0.232 e. The fourth-order valence-corrected chi connectivity index (χ4v) is 2.62. The van der Waals surface area contributed by atoms with E-state index in [9.17, 15) is 8.42 Å². The van der Waals surface area contributed by atoms with Gasteiger partial charge in [-0.05, 0) is 39.1 Å². The van der Waals surface area contributed by atoms with Crippen molar-refractivity contribution in [3.8, 4) is 5.75 Å². The molecule has 6 heteroatoms. The number of sulfonamides is 1. The molecule has 0 bridgehead atoms. The molecule has 0 aliphatic heterocycles. The van der Waals surface area contributed by atoms with Gasteiger partial charge in [-0.3, -0.25) is 4.72 Å². The molecule has 0 amide bonds. The van der Waals surface area contributed by atoms with Gasteiger partial charge in [-0.2, -0.15) is 0 Å². The molecule has 2 N–H and O–H groups in total. The molecule has 0 unspecified atom stereocenters. The summed E-state index contributed by atoms with van der Waals surface area (Å²) in [5.41, 5.74) is 0.490. The minimum absolute atomic E-state index is 0.0916. The second kappa shape index (κ2) is 7.23. The van der Waals surface area contributed by atoms with E-state index < -0.39 is 10.0 Å². The van der Waals surface area contributed by atoms with Crippen LogP contribution in [0.5, 0.6) is 5.75 Å². The maximum atomic E-state index is 11.8. The molecular weight excluding hydrogens is 252 g/mol. The molecule has 1 aromatic rings. The molecule has 0 saturated carbocycles. The first-order valence-corrected chi connectivity index (χ1v) is 7.61. The Labute approximate surface area is 109 Å². The summed E-state index contributed by atoms with van der Waals surface area (Å²) in [7, 11) is -1.52. The Bertz CT molecular complexity index is 460. The summed E-state index contributed by atoms with van der Waals surface area (Å²) in [4.78, 5) is 0. The highest BCUT2D eigenvalue weighted by Gasteiger charge is 2.12. The van der Waals surface area contributed by atoms with Crippen molar-refractivity contribution in [2.24, 2.45) is 0 Å². The van der Waals surface area contributed by atoms with Crippen molar-refractivity contribution >= 4 is 15.7 Å². The Kier molecular flexibility index (Phi) is 5.94. The Morgan fingerprint density at radius 2 is 2.00 bits per heavy atom. The first kappa shape index (κ1) is 14.8. The number of para-hydroxylation sites is 2. The fraction of sp³-hybridized carbons (Fsp3) is 0.500. The molecule has 1 rings (SSSR count). The lowest BCUT2D eigenvalue weighted by molar-refractivity contribution is 0.342. The van der Waals surface area contributed by atoms with Crippen molar-refractivity contribution in [3.05, 3.63) is 24.3 Å². The minimum atomic E-state index is -3.32. The van der Waals surface area contributed by atoms with E-state index in [-0.39, 0.29) is 5.75 Å². The van der Waals surface area contributed by atoms with Crippen LogP contribution in [-0.4, -0.2) is 34.4 Å². The number of ether oxygens (including phenoxy) is 1. The number of nitrogens with one attached hydrogen (secondary N) is 2. The van der Waals surface area contributed by atoms with Gasteiger partial charge in [0.1, 0.15) is 5.75 Å². The van der Waals surface area contributed by atoms with Crippen molar-refractivity contribution in [3.63, 3.8) is 0 Å². The standard InChI is InChI=1S/C12H20N2O3S/c1-3-17-12-8-5-4-7-11(12)14-18(15,16)10-6-9-13-2/h4-5,7-8,13-14H,3,6,9-10H2,1-2H3. The van der Waals surface area contributed by atoms with Gasteiger partial charge in [0.15, 0.2) is 0 Å². The first-order chi connectivity index (χ1) is 8.59. The van der Waals surface area contributed by atoms with E-state index in [1.807, 2.05) is 13.0 Å². The minimum Gasteiger partial charge on any atom is -0.492 e. The Balaban J connectivity index is 2.71. The van der Waals surface area contributed by atoms with E-state index in [0.29, 0.717) is 31.0 Å². The van der Waals surface area contributed by atoms with Crippen LogP contribution in [0.25, 0.3) is 0 Å². The fourth-order valence-electron chi connectivity index (χ4n) is 1.49. The average Bonchev–Trinajstić information content (AvgIpc) is 2.32. The third-order valence-electron chi connectivity index (χ3n) is 2.29. The molecule has 18 heavy (non-hydrogen) atoms. The molecule has 0 atom stereocenters. The molecule has 1 aromatic carbocycles.